The molecule has 0 radical (unpaired) electrons. The van der Waals surface area contributed by atoms with Crippen LogP contribution in [0.4, 0.5) is 0 Å². The maximum Gasteiger partial charge on any atom is 0.236 e. The van der Waals surface area contributed by atoms with Crippen LogP contribution in [0.15, 0.2) is 0 Å². The number of nitrogens with zero attached hydrogens (tertiary/aromatic N) is 1. The first kappa shape index (κ1) is 10.9. The number of halogens is 1. The van der Waals surface area contributed by atoms with Crippen LogP contribution in [-0.2, 0) is 9.59 Å². The van der Waals surface area contributed by atoms with Crippen molar-refractivity contribution >= 4 is 27.7 Å². The van der Waals surface area contributed by atoms with E-state index < -0.39 is 0 Å². The van der Waals surface area contributed by atoms with E-state index in [4.69, 9.17) is 0 Å². The molecule has 2 aliphatic rings. The summed E-state index contributed by atoms with van der Waals surface area (Å²) in [6.45, 7) is 1.32. The maximum absolute atomic E-state index is 11.5. The predicted octanol–water partition coefficient (Wildman–Crippen LogP) is 0.651. The summed E-state index contributed by atoms with van der Waals surface area (Å²) in [5.74, 6) is 0.192. The molecule has 1 heterocycles. The lowest BCUT2D eigenvalue weighted by molar-refractivity contribution is -0.128. The van der Waals surface area contributed by atoms with E-state index in [1.165, 1.54) is 0 Å². The summed E-state index contributed by atoms with van der Waals surface area (Å²) in [4.78, 5) is 24.6. The van der Waals surface area contributed by atoms with E-state index >= 15 is 0 Å². The Morgan fingerprint density at radius 2 is 2.20 bits per heavy atom. The van der Waals surface area contributed by atoms with Crippen molar-refractivity contribution in [2.75, 3.05) is 13.1 Å². The Labute approximate surface area is 97.5 Å². The zero-order valence-electron chi connectivity index (χ0n) is 8.54. The van der Waals surface area contributed by atoms with Crippen LogP contribution in [0, 0.1) is 0 Å². The third-order valence-electron chi connectivity index (χ3n) is 2.78. The fourth-order valence-electron chi connectivity index (χ4n) is 1.69. The van der Waals surface area contributed by atoms with Crippen molar-refractivity contribution in [3.63, 3.8) is 0 Å². The average Bonchev–Trinajstić information content (AvgIpc) is 2.95. The fraction of sp³-hybridized carbons (Fsp3) is 0.800. The summed E-state index contributed by atoms with van der Waals surface area (Å²) < 4.78 is 0. The number of hydrogen-bond donors (Lipinski definition) is 1. The molecule has 2 amide bonds. The summed E-state index contributed by atoms with van der Waals surface area (Å²) >= 11 is 3.31. The summed E-state index contributed by atoms with van der Waals surface area (Å²) in [7, 11) is 0. The highest BCUT2D eigenvalue weighted by atomic mass is 79.9. The van der Waals surface area contributed by atoms with Gasteiger partial charge in [0.05, 0.1) is 4.83 Å². The second-order valence-corrected chi connectivity index (χ2v) is 5.28. The highest BCUT2D eigenvalue weighted by molar-refractivity contribution is 9.10. The maximum atomic E-state index is 11.5. The molecular weight excluding hydrogens is 260 g/mol. The normalized spacial score (nSPS) is 25.8. The molecule has 84 valence electrons. The third-order valence-corrected chi connectivity index (χ3v) is 3.63. The molecule has 0 spiro atoms. The van der Waals surface area contributed by atoms with E-state index in [-0.39, 0.29) is 16.6 Å². The van der Waals surface area contributed by atoms with Gasteiger partial charge in [0.2, 0.25) is 11.8 Å². The first-order valence-electron chi connectivity index (χ1n) is 5.39. The highest BCUT2D eigenvalue weighted by Gasteiger charge is 2.29. The lowest BCUT2D eigenvalue weighted by Gasteiger charge is -2.15. The number of alkyl halides is 1. The van der Waals surface area contributed by atoms with Crippen molar-refractivity contribution in [1.29, 1.82) is 0 Å². The fourth-order valence-corrected chi connectivity index (χ4v) is 2.18. The van der Waals surface area contributed by atoms with Gasteiger partial charge >= 0.3 is 0 Å². The average molecular weight is 275 g/mol. The number of likely N-dealkylation sites (tertiary alicyclic amines) is 1. The number of carbonyl (C=O) groups is 2. The lowest BCUT2D eigenvalue weighted by atomic mass is 10.3. The molecule has 1 saturated carbocycles. The van der Waals surface area contributed by atoms with Gasteiger partial charge in [-0.1, -0.05) is 15.9 Å². The molecule has 1 atom stereocenters. The van der Waals surface area contributed by atoms with Crippen LogP contribution in [0.25, 0.3) is 0 Å². The Kier molecular flexibility index (Phi) is 3.29. The summed E-state index contributed by atoms with van der Waals surface area (Å²) in [5.41, 5.74) is 0. The van der Waals surface area contributed by atoms with E-state index in [0.29, 0.717) is 19.0 Å². The SMILES string of the molecule is O=C(CCN1CCC(Br)C1=O)NC1CC1. The molecule has 5 heteroatoms. The van der Waals surface area contributed by atoms with Crippen LogP contribution in [0.1, 0.15) is 25.7 Å². The topological polar surface area (TPSA) is 49.4 Å². The molecule has 2 fully saturated rings. The van der Waals surface area contributed by atoms with E-state index in [2.05, 4.69) is 21.2 Å². The first-order valence-corrected chi connectivity index (χ1v) is 6.30. The van der Waals surface area contributed by atoms with Gasteiger partial charge < -0.3 is 10.2 Å². The third kappa shape index (κ3) is 2.93. The standard InChI is InChI=1S/C10H15BrN2O2/c11-8-3-5-13(10(8)15)6-4-9(14)12-7-1-2-7/h7-8H,1-6H2,(H,12,14). The molecule has 15 heavy (non-hydrogen) atoms. The zero-order valence-corrected chi connectivity index (χ0v) is 10.1. The van der Waals surface area contributed by atoms with Crippen LogP contribution in [0.5, 0.6) is 0 Å². The van der Waals surface area contributed by atoms with E-state index in [0.717, 1.165) is 25.8 Å². The van der Waals surface area contributed by atoms with Crippen molar-refractivity contribution < 1.29 is 9.59 Å². The van der Waals surface area contributed by atoms with Crippen molar-refractivity contribution in [2.24, 2.45) is 0 Å². The molecule has 1 saturated heterocycles. The van der Waals surface area contributed by atoms with Crippen molar-refractivity contribution in [3.05, 3.63) is 0 Å². The van der Waals surface area contributed by atoms with Crippen molar-refractivity contribution in [2.45, 2.75) is 36.6 Å². The Morgan fingerprint density at radius 3 is 2.73 bits per heavy atom. The van der Waals surface area contributed by atoms with Gasteiger partial charge in [0.25, 0.3) is 0 Å². The monoisotopic (exact) mass is 274 g/mol. The summed E-state index contributed by atoms with van der Waals surface area (Å²) in [5, 5.41) is 2.92. The van der Waals surface area contributed by atoms with Crippen LogP contribution in [0.2, 0.25) is 0 Å². The molecule has 0 aromatic carbocycles. The second-order valence-electron chi connectivity index (χ2n) is 4.17. The van der Waals surface area contributed by atoms with Gasteiger partial charge in [-0.15, -0.1) is 0 Å². The quantitative estimate of drug-likeness (QED) is 0.766. The zero-order chi connectivity index (χ0) is 10.8. The van der Waals surface area contributed by atoms with Gasteiger partial charge in [-0.2, -0.15) is 0 Å². The minimum absolute atomic E-state index is 0.0380. The summed E-state index contributed by atoms with van der Waals surface area (Å²) in [6, 6.07) is 0.413. The van der Waals surface area contributed by atoms with Gasteiger partial charge in [-0.3, -0.25) is 9.59 Å². The van der Waals surface area contributed by atoms with Gasteiger partial charge in [-0.05, 0) is 19.3 Å². The van der Waals surface area contributed by atoms with Crippen molar-refractivity contribution in [1.82, 2.24) is 10.2 Å². The Bertz CT molecular complexity index is 279. The number of nitrogens with one attached hydrogen (secondary N) is 1. The number of amides is 2. The number of carbonyl (C=O) groups excluding carboxylic acids is 2. The minimum atomic E-state index is -0.0380. The largest absolute Gasteiger partial charge is 0.353 e. The molecular formula is C10H15BrN2O2. The minimum Gasteiger partial charge on any atom is -0.353 e. The smallest absolute Gasteiger partial charge is 0.236 e. The molecule has 1 N–H and O–H groups in total. The second kappa shape index (κ2) is 4.51. The molecule has 1 unspecified atom stereocenters. The van der Waals surface area contributed by atoms with E-state index in [9.17, 15) is 9.59 Å². The molecule has 0 bridgehead atoms. The van der Waals surface area contributed by atoms with Crippen LogP contribution >= 0.6 is 15.9 Å². The Morgan fingerprint density at radius 1 is 1.47 bits per heavy atom. The van der Waals surface area contributed by atoms with Crippen LogP contribution < -0.4 is 5.32 Å². The van der Waals surface area contributed by atoms with Crippen LogP contribution in [-0.4, -0.2) is 40.7 Å². The number of rotatable bonds is 4. The molecule has 1 aliphatic heterocycles. The molecule has 4 nitrogen and oxygen atoms in total. The molecule has 1 aliphatic carbocycles. The highest BCUT2D eigenvalue weighted by Crippen LogP contribution is 2.20. The Hall–Kier alpha value is -0.580. The van der Waals surface area contributed by atoms with Gasteiger partial charge in [-0.25, -0.2) is 0 Å². The van der Waals surface area contributed by atoms with Gasteiger partial charge in [0.15, 0.2) is 0 Å². The number of hydrogen-bond acceptors (Lipinski definition) is 2. The summed E-state index contributed by atoms with van der Waals surface area (Å²) in [6.07, 6.45) is 3.50. The molecule has 2 rings (SSSR count). The lowest BCUT2D eigenvalue weighted by Crippen LogP contribution is -2.33. The first-order chi connectivity index (χ1) is 7.16. The molecule has 0 aromatic heterocycles. The van der Waals surface area contributed by atoms with E-state index in [1.54, 1.807) is 4.90 Å². The molecule has 0 aromatic rings. The van der Waals surface area contributed by atoms with Crippen molar-refractivity contribution in [3.8, 4) is 0 Å². The van der Waals surface area contributed by atoms with Crippen LogP contribution in [0.3, 0.4) is 0 Å². The van der Waals surface area contributed by atoms with Gasteiger partial charge in [0, 0.05) is 25.6 Å². The predicted molar refractivity (Wildman–Crippen MR) is 59.7 cm³/mol. The Balaban J connectivity index is 1.68. The van der Waals surface area contributed by atoms with Gasteiger partial charge in [0.1, 0.15) is 0 Å². The van der Waals surface area contributed by atoms with E-state index in [1.807, 2.05) is 0 Å².